The van der Waals surface area contributed by atoms with E-state index in [1.54, 1.807) is 13.8 Å². The standard InChI is InChI=1S/C20H35N3O3/c1-20(2)18(25)23(19(26)21-20)14-17(24)13-22(15-9-5-3-6-10-15)16-11-7-4-8-12-16/h15-17,24H,3-14H2,1-2H3,(H,21,26)/p+1. The van der Waals surface area contributed by atoms with Gasteiger partial charge in [-0.15, -0.1) is 0 Å². The molecule has 2 saturated carbocycles. The second-order valence-corrected chi connectivity index (χ2v) is 9.07. The highest BCUT2D eigenvalue weighted by atomic mass is 16.3. The maximum absolute atomic E-state index is 12.4. The number of quaternary nitrogens is 1. The lowest BCUT2D eigenvalue weighted by atomic mass is 9.88. The number of aliphatic hydroxyl groups excluding tert-OH is 1. The van der Waals surface area contributed by atoms with E-state index in [4.69, 9.17) is 0 Å². The van der Waals surface area contributed by atoms with Gasteiger partial charge in [-0.2, -0.15) is 0 Å². The predicted octanol–water partition coefficient (Wildman–Crippen LogP) is 1.23. The van der Waals surface area contributed by atoms with Crippen molar-refractivity contribution in [3.8, 4) is 0 Å². The lowest BCUT2D eigenvalue weighted by Gasteiger charge is -2.39. The van der Waals surface area contributed by atoms with Crippen molar-refractivity contribution < 1.29 is 19.6 Å². The van der Waals surface area contributed by atoms with Gasteiger partial charge in [0, 0.05) is 0 Å². The first-order valence-corrected chi connectivity index (χ1v) is 10.6. The Balaban J connectivity index is 1.63. The average molecular weight is 367 g/mol. The molecule has 3 aliphatic rings. The van der Waals surface area contributed by atoms with Crippen LogP contribution >= 0.6 is 0 Å². The lowest BCUT2D eigenvalue weighted by molar-refractivity contribution is -0.955. The maximum atomic E-state index is 12.4. The van der Waals surface area contributed by atoms with Gasteiger partial charge >= 0.3 is 6.03 Å². The molecular weight excluding hydrogens is 330 g/mol. The summed E-state index contributed by atoms with van der Waals surface area (Å²) in [4.78, 5) is 27.2. The third kappa shape index (κ3) is 4.39. The molecule has 0 bridgehead atoms. The Hall–Kier alpha value is -1.14. The summed E-state index contributed by atoms with van der Waals surface area (Å²) in [5.41, 5.74) is -0.865. The third-order valence-electron chi connectivity index (χ3n) is 6.57. The molecule has 0 aromatic carbocycles. The number of urea groups is 1. The van der Waals surface area contributed by atoms with Crippen molar-refractivity contribution in [3.63, 3.8) is 0 Å². The molecule has 1 atom stereocenters. The highest BCUT2D eigenvalue weighted by molar-refractivity contribution is 6.06. The second kappa shape index (κ2) is 8.26. The molecule has 148 valence electrons. The van der Waals surface area contributed by atoms with E-state index in [9.17, 15) is 14.7 Å². The van der Waals surface area contributed by atoms with Crippen molar-refractivity contribution in [2.24, 2.45) is 0 Å². The van der Waals surface area contributed by atoms with E-state index in [0.717, 1.165) is 0 Å². The Morgan fingerprint density at radius 1 is 1.04 bits per heavy atom. The van der Waals surface area contributed by atoms with Crippen LogP contribution < -0.4 is 10.2 Å². The number of amides is 3. The SMILES string of the molecule is CC1(C)NC(=O)N(CC(O)C[NH+](C2CCCCC2)C2CCCCC2)C1=O. The monoisotopic (exact) mass is 366 g/mol. The molecule has 0 spiro atoms. The fourth-order valence-electron chi connectivity index (χ4n) is 5.14. The molecule has 1 unspecified atom stereocenters. The zero-order valence-electron chi connectivity index (χ0n) is 16.4. The molecule has 3 rings (SSSR count). The summed E-state index contributed by atoms with van der Waals surface area (Å²) in [5.74, 6) is -0.238. The third-order valence-corrected chi connectivity index (χ3v) is 6.57. The van der Waals surface area contributed by atoms with E-state index in [1.807, 2.05) is 0 Å². The maximum Gasteiger partial charge on any atom is 0.325 e. The van der Waals surface area contributed by atoms with Gasteiger partial charge in [0.25, 0.3) is 5.91 Å². The number of imide groups is 1. The van der Waals surface area contributed by atoms with Crippen LogP contribution in [0.4, 0.5) is 4.79 Å². The highest BCUT2D eigenvalue weighted by Gasteiger charge is 2.45. The molecule has 2 aliphatic carbocycles. The topological polar surface area (TPSA) is 74.1 Å². The van der Waals surface area contributed by atoms with Gasteiger partial charge in [0.1, 0.15) is 18.2 Å². The minimum Gasteiger partial charge on any atom is -0.385 e. The number of β-amino-alcohol motifs (C(OH)–C–C–N with tert-alkyl or cyclic N) is 1. The molecule has 26 heavy (non-hydrogen) atoms. The predicted molar refractivity (Wildman–Crippen MR) is 99.9 cm³/mol. The summed E-state index contributed by atoms with van der Waals surface area (Å²) in [6, 6.07) is 0.873. The van der Waals surface area contributed by atoms with E-state index in [1.165, 1.54) is 74.0 Å². The summed E-state index contributed by atoms with van der Waals surface area (Å²) < 4.78 is 0. The highest BCUT2D eigenvalue weighted by Crippen LogP contribution is 2.20. The second-order valence-electron chi connectivity index (χ2n) is 9.07. The number of aliphatic hydroxyl groups is 1. The van der Waals surface area contributed by atoms with E-state index < -0.39 is 11.6 Å². The largest absolute Gasteiger partial charge is 0.385 e. The van der Waals surface area contributed by atoms with Gasteiger partial charge in [0.05, 0.1) is 18.6 Å². The number of carbonyl (C=O) groups is 2. The van der Waals surface area contributed by atoms with Crippen LogP contribution in [0.15, 0.2) is 0 Å². The molecule has 0 aromatic rings. The van der Waals surface area contributed by atoms with Crippen LogP contribution in [0.25, 0.3) is 0 Å². The minimum absolute atomic E-state index is 0.108. The minimum atomic E-state index is -0.865. The van der Waals surface area contributed by atoms with E-state index in [0.29, 0.717) is 18.6 Å². The molecule has 0 radical (unpaired) electrons. The van der Waals surface area contributed by atoms with Crippen molar-refractivity contribution in [2.45, 2.75) is 102 Å². The van der Waals surface area contributed by atoms with Gasteiger partial charge in [-0.3, -0.25) is 9.69 Å². The normalized spacial score (nSPS) is 26.4. The molecule has 3 fully saturated rings. The molecule has 6 heteroatoms. The van der Waals surface area contributed by atoms with Crippen LogP contribution in [0.1, 0.15) is 78.1 Å². The van der Waals surface area contributed by atoms with Gasteiger partial charge in [0.2, 0.25) is 0 Å². The number of hydrogen-bond donors (Lipinski definition) is 3. The first-order valence-electron chi connectivity index (χ1n) is 10.6. The van der Waals surface area contributed by atoms with Crippen molar-refractivity contribution in [1.82, 2.24) is 10.2 Å². The van der Waals surface area contributed by atoms with Crippen LogP contribution in [0, 0.1) is 0 Å². The summed E-state index contributed by atoms with van der Waals surface area (Å²) in [6.07, 6.45) is 12.1. The van der Waals surface area contributed by atoms with Crippen LogP contribution in [0.5, 0.6) is 0 Å². The van der Waals surface area contributed by atoms with Crippen molar-refractivity contribution in [2.75, 3.05) is 13.1 Å². The molecule has 0 aromatic heterocycles. The van der Waals surface area contributed by atoms with E-state index in [-0.39, 0.29) is 18.5 Å². The van der Waals surface area contributed by atoms with E-state index in [2.05, 4.69) is 5.32 Å². The summed E-state index contributed by atoms with van der Waals surface area (Å²) >= 11 is 0. The molecule has 1 saturated heterocycles. The lowest BCUT2D eigenvalue weighted by Crippen LogP contribution is -3.20. The van der Waals surface area contributed by atoms with Gasteiger partial charge in [-0.25, -0.2) is 4.79 Å². The molecule has 3 amide bonds. The summed E-state index contributed by atoms with van der Waals surface area (Å²) in [6.45, 7) is 4.17. The number of nitrogens with one attached hydrogen (secondary N) is 2. The number of hydrogen-bond acceptors (Lipinski definition) is 3. The van der Waals surface area contributed by atoms with Crippen LogP contribution in [0.2, 0.25) is 0 Å². The smallest absolute Gasteiger partial charge is 0.325 e. The fourth-order valence-corrected chi connectivity index (χ4v) is 5.14. The van der Waals surface area contributed by atoms with Gasteiger partial charge in [-0.1, -0.05) is 12.8 Å². The van der Waals surface area contributed by atoms with Crippen LogP contribution in [-0.4, -0.2) is 58.8 Å². The fraction of sp³-hybridized carbons (Fsp3) is 0.900. The van der Waals surface area contributed by atoms with Crippen LogP contribution in [0.3, 0.4) is 0 Å². The summed E-state index contributed by atoms with van der Waals surface area (Å²) in [5, 5.41) is 13.5. The Kier molecular flexibility index (Phi) is 6.23. The van der Waals surface area contributed by atoms with Gasteiger partial charge in [0.15, 0.2) is 0 Å². The Bertz CT molecular complexity index is 492. The molecule has 1 heterocycles. The zero-order valence-corrected chi connectivity index (χ0v) is 16.4. The first-order chi connectivity index (χ1) is 12.4. The van der Waals surface area contributed by atoms with Crippen molar-refractivity contribution in [3.05, 3.63) is 0 Å². The molecule has 3 N–H and O–H groups in total. The van der Waals surface area contributed by atoms with E-state index >= 15 is 0 Å². The van der Waals surface area contributed by atoms with Gasteiger partial charge in [-0.05, 0) is 65.2 Å². The van der Waals surface area contributed by atoms with Crippen LogP contribution in [-0.2, 0) is 4.79 Å². The average Bonchev–Trinajstić information content (AvgIpc) is 2.83. The Morgan fingerprint density at radius 3 is 1.96 bits per heavy atom. The Labute approximate surface area is 157 Å². The molecule has 1 aliphatic heterocycles. The quantitative estimate of drug-likeness (QED) is 0.619. The molecule has 6 nitrogen and oxygen atoms in total. The number of rotatable bonds is 6. The van der Waals surface area contributed by atoms with Crippen molar-refractivity contribution >= 4 is 11.9 Å². The summed E-state index contributed by atoms with van der Waals surface area (Å²) in [7, 11) is 0. The molecular formula is C20H36N3O3+. The first kappa shape index (κ1) is 19.6. The Morgan fingerprint density at radius 2 is 1.54 bits per heavy atom. The number of carbonyl (C=O) groups excluding carboxylic acids is 2. The van der Waals surface area contributed by atoms with Gasteiger partial charge < -0.3 is 15.3 Å². The number of nitrogens with zero attached hydrogens (tertiary/aromatic N) is 1. The zero-order chi connectivity index (χ0) is 18.7. The van der Waals surface area contributed by atoms with Crippen molar-refractivity contribution in [1.29, 1.82) is 0 Å².